The van der Waals surface area contributed by atoms with Gasteiger partial charge in [-0.05, 0) is 23.3 Å². The van der Waals surface area contributed by atoms with Crippen molar-refractivity contribution >= 4 is 23.2 Å². The molecule has 0 fully saturated rings. The molecule has 23 heavy (non-hydrogen) atoms. The smallest absolute Gasteiger partial charge is 0.231 e. The number of nitriles is 1. The van der Waals surface area contributed by atoms with Crippen LogP contribution in [0.3, 0.4) is 0 Å². The van der Waals surface area contributed by atoms with Crippen molar-refractivity contribution < 1.29 is 9.90 Å². The molecule has 1 atom stereocenters. The first-order valence-corrected chi connectivity index (χ1v) is 7.71. The zero-order valence-corrected chi connectivity index (χ0v) is 13.1. The number of carbonyl (C=O) groups excluding carboxylic acids is 1. The summed E-state index contributed by atoms with van der Waals surface area (Å²) < 4.78 is 0. The van der Waals surface area contributed by atoms with Crippen LogP contribution in [-0.4, -0.2) is 24.2 Å². The number of aliphatic hydroxyl groups excluding tert-OH is 1. The van der Waals surface area contributed by atoms with Crippen LogP contribution < -0.4 is 4.90 Å². The fraction of sp³-hybridized carbons (Fsp3) is 0.222. The number of hydrogen-bond donors (Lipinski definition) is 1. The Hall–Kier alpha value is -2.35. The first-order valence-electron chi connectivity index (χ1n) is 7.33. The Bertz CT molecular complexity index is 798. The lowest BCUT2D eigenvalue weighted by atomic mass is 10.0. The highest BCUT2D eigenvalue weighted by molar-refractivity contribution is 6.31. The number of anilines is 1. The summed E-state index contributed by atoms with van der Waals surface area (Å²) in [5.41, 5.74) is 2.67. The molecule has 4 nitrogen and oxygen atoms in total. The van der Waals surface area contributed by atoms with Crippen LogP contribution in [0, 0.1) is 11.3 Å². The van der Waals surface area contributed by atoms with Gasteiger partial charge in [0.2, 0.25) is 5.91 Å². The molecule has 1 heterocycles. The largest absolute Gasteiger partial charge is 0.396 e. The highest BCUT2D eigenvalue weighted by atomic mass is 35.5. The second-order valence-corrected chi connectivity index (χ2v) is 5.91. The number of benzene rings is 2. The first-order chi connectivity index (χ1) is 11.2. The molecule has 2 aromatic carbocycles. The van der Waals surface area contributed by atoms with Crippen molar-refractivity contribution in [3.63, 3.8) is 0 Å². The maximum absolute atomic E-state index is 12.7. The van der Waals surface area contributed by atoms with Gasteiger partial charge in [-0.3, -0.25) is 4.79 Å². The molecule has 116 valence electrons. The summed E-state index contributed by atoms with van der Waals surface area (Å²) >= 11 is 6.13. The molecular weight excluding hydrogens is 312 g/mol. The van der Waals surface area contributed by atoms with Crippen LogP contribution >= 0.6 is 11.6 Å². The predicted octanol–water partition coefficient (Wildman–Crippen LogP) is 2.88. The zero-order valence-electron chi connectivity index (χ0n) is 12.4. The second kappa shape index (κ2) is 6.41. The Labute approximate surface area is 139 Å². The van der Waals surface area contributed by atoms with Crippen molar-refractivity contribution in [3.8, 4) is 6.07 Å². The van der Waals surface area contributed by atoms with Crippen molar-refractivity contribution in [2.75, 3.05) is 18.1 Å². The molecule has 2 aromatic rings. The van der Waals surface area contributed by atoms with Gasteiger partial charge in [-0.25, -0.2) is 0 Å². The van der Waals surface area contributed by atoms with E-state index in [9.17, 15) is 15.2 Å². The molecule has 1 amide bonds. The summed E-state index contributed by atoms with van der Waals surface area (Å²) in [6.07, 6.45) is 0.164. The number of fused-ring (bicyclic) bond motifs is 1. The van der Waals surface area contributed by atoms with Gasteiger partial charge in [0.15, 0.2) is 0 Å². The van der Waals surface area contributed by atoms with Gasteiger partial charge >= 0.3 is 0 Å². The van der Waals surface area contributed by atoms with Gasteiger partial charge in [0.05, 0.1) is 24.3 Å². The number of hydrogen-bond acceptors (Lipinski definition) is 3. The molecule has 0 radical (unpaired) electrons. The Balaban J connectivity index is 1.95. The number of para-hydroxylation sites is 1. The molecule has 0 aromatic heterocycles. The Kier molecular flexibility index (Phi) is 4.33. The van der Waals surface area contributed by atoms with Crippen LogP contribution in [0.4, 0.5) is 5.69 Å². The second-order valence-electron chi connectivity index (χ2n) is 5.51. The van der Waals surface area contributed by atoms with Crippen molar-refractivity contribution in [2.45, 2.75) is 12.3 Å². The molecule has 5 heteroatoms. The van der Waals surface area contributed by atoms with Gasteiger partial charge in [-0.15, -0.1) is 0 Å². The predicted molar refractivity (Wildman–Crippen MR) is 88.5 cm³/mol. The standard InChI is InChI=1S/C18H15ClN2O2/c19-16-7-2-1-4-12(16)8-17(23)21-10-14(11-22)15-6-3-5-13(9-20)18(15)21/h1-7,14,22H,8,10-11H2. The van der Waals surface area contributed by atoms with Crippen LogP contribution in [0.15, 0.2) is 42.5 Å². The zero-order chi connectivity index (χ0) is 16.4. The van der Waals surface area contributed by atoms with E-state index >= 15 is 0 Å². The number of aliphatic hydroxyl groups is 1. The van der Waals surface area contributed by atoms with Gasteiger partial charge in [0, 0.05) is 17.5 Å². The highest BCUT2D eigenvalue weighted by Crippen LogP contribution is 2.39. The number of halogens is 1. The minimum atomic E-state index is -0.159. The summed E-state index contributed by atoms with van der Waals surface area (Å²) in [4.78, 5) is 14.3. The fourth-order valence-electron chi connectivity index (χ4n) is 2.97. The number of amides is 1. The van der Waals surface area contributed by atoms with Crippen LogP contribution in [0.2, 0.25) is 5.02 Å². The topological polar surface area (TPSA) is 64.3 Å². The Morgan fingerprint density at radius 3 is 2.78 bits per heavy atom. The van der Waals surface area contributed by atoms with E-state index in [2.05, 4.69) is 6.07 Å². The van der Waals surface area contributed by atoms with E-state index in [0.717, 1.165) is 11.1 Å². The SMILES string of the molecule is N#Cc1cccc2c1N(C(=O)Cc1ccccc1Cl)CC2CO. The summed E-state index contributed by atoms with van der Waals surface area (Å²) in [7, 11) is 0. The lowest BCUT2D eigenvalue weighted by molar-refractivity contribution is -0.117. The van der Waals surface area contributed by atoms with E-state index in [1.807, 2.05) is 24.3 Å². The summed E-state index contributed by atoms with van der Waals surface area (Å²) in [6, 6.07) is 14.7. The third kappa shape index (κ3) is 2.81. The van der Waals surface area contributed by atoms with E-state index in [0.29, 0.717) is 22.8 Å². The van der Waals surface area contributed by atoms with Crippen molar-refractivity contribution in [3.05, 3.63) is 64.2 Å². The molecule has 0 aliphatic carbocycles. The van der Waals surface area contributed by atoms with Crippen LogP contribution in [-0.2, 0) is 11.2 Å². The third-order valence-electron chi connectivity index (χ3n) is 4.12. The molecule has 1 unspecified atom stereocenters. The van der Waals surface area contributed by atoms with Gasteiger partial charge < -0.3 is 10.0 Å². The monoisotopic (exact) mass is 326 g/mol. The lowest BCUT2D eigenvalue weighted by Gasteiger charge is -2.19. The van der Waals surface area contributed by atoms with Gasteiger partial charge in [0.1, 0.15) is 6.07 Å². The molecule has 0 saturated carbocycles. The van der Waals surface area contributed by atoms with Crippen molar-refractivity contribution in [2.24, 2.45) is 0 Å². The highest BCUT2D eigenvalue weighted by Gasteiger charge is 2.34. The first kappa shape index (κ1) is 15.5. The van der Waals surface area contributed by atoms with Gasteiger partial charge in [0.25, 0.3) is 0 Å². The van der Waals surface area contributed by atoms with E-state index in [-0.39, 0.29) is 24.9 Å². The van der Waals surface area contributed by atoms with Crippen LogP contribution in [0.1, 0.15) is 22.6 Å². The van der Waals surface area contributed by atoms with Crippen LogP contribution in [0.5, 0.6) is 0 Å². The third-order valence-corrected chi connectivity index (χ3v) is 4.49. The molecule has 0 spiro atoms. The normalized spacial score (nSPS) is 16.0. The average Bonchev–Trinajstić information content (AvgIpc) is 2.96. The summed E-state index contributed by atoms with van der Waals surface area (Å²) in [6.45, 7) is 0.325. The number of carbonyl (C=O) groups is 1. The fourth-order valence-corrected chi connectivity index (χ4v) is 3.18. The quantitative estimate of drug-likeness (QED) is 0.943. The molecule has 1 N–H and O–H groups in total. The molecule has 0 bridgehead atoms. The maximum atomic E-state index is 12.7. The maximum Gasteiger partial charge on any atom is 0.231 e. The number of nitrogens with zero attached hydrogens (tertiary/aromatic N) is 2. The average molecular weight is 327 g/mol. The number of rotatable bonds is 3. The molecular formula is C18H15ClN2O2. The minimum absolute atomic E-state index is 0.0578. The molecule has 1 aliphatic rings. The molecule has 0 saturated heterocycles. The van der Waals surface area contributed by atoms with Gasteiger partial charge in [-0.1, -0.05) is 41.9 Å². The minimum Gasteiger partial charge on any atom is -0.396 e. The van der Waals surface area contributed by atoms with Gasteiger partial charge in [-0.2, -0.15) is 5.26 Å². The summed E-state index contributed by atoms with van der Waals surface area (Å²) in [5.74, 6) is -0.286. The van der Waals surface area contributed by atoms with Crippen molar-refractivity contribution in [1.29, 1.82) is 5.26 Å². The van der Waals surface area contributed by atoms with Crippen LogP contribution in [0.25, 0.3) is 0 Å². The Morgan fingerprint density at radius 1 is 1.30 bits per heavy atom. The van der Waals surface area contributed by atoms with E-state index in [1.165, 1.54) is 0 Å². The summed E-state index contributed by atoms with van der Waals surface area (Å²) in [5, 5.41) is 19.4. The molecule has 1 aliphatic heterocycles. The van der Waals surface area contributed by atoms with E-state index in [1.54, 1.807) is 23.1 Å². The van der Waals surface area contributed by atoms with Crippen molar-refractivity contribution in [1.82, 2.24) is 0 Å². The van der Waals surface area contributed by atoms with E-state index < -0.39 is 0 Å². The lowest BCUT2D eigenvalue weighted by Crippen LogP contribution is -2.32. The Morgan fingerprint density at radius 2 is 2.09 bits per heavy atom. The molecule has 3 rings (SSSR count). The van der Waals surface area contributed by atoms with E-state index in [4.69, 9.17) is 11.6 Å².